The Morgan fingerprint density at radius 2 is 2.08 bits per heavy atom. The number of ether oxygens (including phenoxy) is 1. The minimum absolute atomic E-state index is 0.145. The number of hydrogen-bond acceptors (Lipinski definition) is 5. The van der Waals surface area contributed by atoms with Gasteiger partial charge < -0.3 is 10.1 Å². The summed E-state index contributed by atoms with van der Waals surface area (Å²) in [6.07, 6.45) is -4.91. The average molecular weight is 379 g/mol. The highest BCUT2D eigenvalue weighted by Crippen LogP contribution is 2.41. The van der Waals surface area contributed by atoms with Crippen molar-refractivity contribution in [3.63, 3.8) is 0 Å². The van der Waals surface area contributed by atoms with E-state index < -0.39 is 40.0 Å². The predicted molar refractivity (Wildman–Crippen MR) is 80.0 cm³/mol. The van der Waals surface area contributed by atoms with E-state index in [1.165, 1.54) is 14.0 Å². The molecule has 0 spiro atoms. The molecule has 0 atom stereocenters. The second kappa shape index (κ2) is 6.59. The van der Waals surface area contributed by atoms with Crippen LogP contribution in [0.5, 0.6) is 11.6 Å². The topological polar surface area (TPSA) is 99.3 Å². The highest BCUT2D eigenvalue weighted by molar-refractivity contribution is 6.32. The van der Waals surface area contributed by atoms with Gasteiger partial charge in [-0.3, -0.25) is 10.1 Å². The summed E-state index contributed by atoms with van der Waals surface area (Å²) in [7, 11) is 1.33. The number of benzene rings is 1. The van der Waals surface area contributed by atoms with Crippen LogP contribution in [0.3, 0.4) is 0 Å². The molecule has 8 nitrogen and oxygen atoms in total. The molecule has 12 heteroatoms. The van der Waals surface area contributed by atoms with Crippen LogP contribution in [-0.2, 0) is 6.18 Å². The second-order valence-corrected chi connectivity index (χ2v) is 5.09. The first kappa shape index (κ1) is 18.5. The molecule has 0 unspecified atom stereocenters. The van der Waals surface area contributed by atoms with Gasteiger partial charge >= 0.3 is 12.2 Å². The van der Waals surface area contributed by atoms with Gasteiger partial charge in [-0.15, -0.1) is 5.10 Å². The maximum atomic E-state index is 13.1. The molecule has 0 fully saturated rings. The Bertz CT molecular complexity index is 851. The number of nitrogens with zero attached hydrogens (tertiary/aromatic N) is 3. The van der Waals surface area contributed by atoms with Gasteiger partial charge in [-0.25, -0.2) is 4.79 Å². The van der Waals surface area contributed by atoms with E-state index in [9.17, 15) is 28.1 Å². The minimum atomic E-state index is -4.91. The number of carbonyl (C=O) groups is 1. The van der Waals surface area contributed by atoms with E-state index in [1.807, 2.05) is 0 Å². The van der Waals surface area contributed by atoms with Crippen LogP contribution in [0.4, 0.5) is 23.7 Å². The Balaban J connectivity index is 2.51. The van der Waals surface area contributed by atoms with E-state index in [-0.39, 0.29) is 10.7 Å². The zero-order chi connectivity index (χ0) is 18.9. The number of rotatable bonds is 3. The van der Waals surface area contributed by atoms with Gasteiger partial charge in [0.15, 0.2) is 0 Å². The molecule has 0 aliphatic rings. The van der Waals surface area contributed by atoms with Crippen LogP contribution in [0, 0.1) is 17.0 Å². The van der Waals surface area contributed by atoms with Crippen LogP contribution >= 0.6 is 11.6 Å². The monoisotopic (exact) mass is 378 g/mol. The lowest BCUT2D eigenvalue weighted by Gasteiger charge is -2.12. The number of nitrogens with one attached hydrogen (secondary N) is 1. The van der Waals surface area contributed by atoms with Crippen molar-refractivity contribution < 1.29 is 27.6 Å². The summed E-state index contributed by atoms with van der Waals surface area (Å²) in [5.74, 6) is -1.18. The number of nitro benzene ring substituents is 1. The number of halogens is 4. The number of alkyl halides is 3. The molecular weight excluding hydrogens is 369 g/mol. The van der Waals surface area contributed by atoms with E-state index in [2.05, 4.69) is 10.4 Å². The molecule has 2 aromatic rings. The van der Waals surface area contributed by atoms with E-state index in [0.717, 1.165) is 16.8 Å². The molecule has 134 valence electrons. The fourth-order valence-electron chi connectivity index (χ4n) is 1.87. The number of nitro groups is 1. The van der Waals surface area contributed by atoms with Gasteiger partial charge in [0.1, 0.15) is 16.3 Å². The lowest BCUT2D eigenvalue weighted by Crippen LogP contribution is -2.26. The highest BCUT2D eigenvalue weighted by Gasteiger charge is 2.37. The summed E-state index contributed by atoms with van der Waals surface area (Å²) < 4.78 is 45.3. The van der Waals surface area contributed by atoms with Crippen molar-refractivity contribution in [1.29, 1.82) is 0 Å². The standard InChI is InChI=1S/C13H10ClF3N4O4/c1-6-10(14)11(19-20(6)12(22)18-2)25-9-4-3-7(21(23)24)5-8(9)13(15,16)17/h3-5H,1-2H3,(H,18,22). The summed E-state index contributed by atoms with van der Waals surface area (Å²) in [5, 5.41) is 16.5. The number of carbonyl (C=O) groups excluding carboxylic acids is 1. The van der Waals surface area contributed by atoms with Crippen molar-refractivity contribution in [2.75, 3.05) is 7.05 Å². The Labute approximate surface area is 143 Å². The molecule has 1 amide bonds. The minimum Gasteiger partial charge on any atom is -0.436 e. The van der Waals surface area contributed by atoms with E-state index >= 15 is 0 Å². The van der Waals surface area contributed by atoms with E-state index in [4.69, 9.17) is 16.3 Å². The van der Waals surface area contributed by atoms with Crippen LogP contribution in [0.1, 0.15) is 11.3 Å². The number of aromatic nitrogens is 2. The third kappa shape index (κ3) is 3.65. The normalized spacial score (nSPS) is 11.3. The summed E-state index contributed by atoms with van der Waals surface area (Å²) >= 11 is 5.94. The Morgan fingerprint density at radius 1 is 1.44 bits per heavy atom. The van der Waals surface area contributed by atoms with Crippen LogP contribution in [-0.4, -0.2) is 27.8 Å². The second-order valence-electron chi connectivity index (χ2n) is 4.71. The molecule has 0 bridgehead atoms. The fourth-order valence-corrected chi connectivity index (χ4v) is 2.03. The number of non-ortho nitro benzene ring substituents is 1. The average Bonchev–Trinajstić information content (AvgIpc) is 2.81. The smallest absolute Gasteiger partial charge is 0.420 e. The lowest BCUT2D eigenvalue weighted by atomic mass is 10.1. The van der Waals surface area contributed by atoms with Crippen molar-refractivity contribution in [3.8, 4) is 11.6 Å². The summed E-state index contributed by atoms with van der Waals surface area (Å²) in [6, 6.07) is 1.30. The summed E-state index contributed by atoms with van der Waals surface area (Å²) in [5.41, 5.74) is -1.98. The van der Waals surface area contributed by atoms with Gasteiger partial charge in [0.25, 0.3) is 11.6 Å². The molecule has 0 aliphatic heterocycles. The predicted octanol–water partition coefficient (Wildman–Crippen LogP) is 3.75. The molecule has 25 heavy (non-hydrogen) atoms. The lowest BCUT2D eigenvalue weighted by molar-refractivity contribution is -0.385. The van der Waals surface area contributed by atoms with E-state index in [0.29, 0.717) is 6.07 Å². The van der Waals surface area contributed by atoms with Crippen LogP contribution in [0.15, 0.2) is 18.2 Å². The Kier molecular flexibility index (Phi) is 4.88. The van der Waals surface area contributed by atoms with Gasteiger partial charge in [0, 0.05) is 19.2 Å². The van der Waals surface area contributed by atoms with Crippen LogP contribution in [0.25, 0.3) is 0 Å². The van der Waals surface area contributed by atoms with Crippen molar-refractivity contribution in [2.45, 2.75) is 13.1 Å². The van der Waals surface area contributed by atoms with Gasteiger partial charge in [-0.1, -0.05) is 11.6 Å². The maximum Gasteiger partial charge on any atom is 0.420 e. The number of hydrogen-bond donors (Lipinski definition) is 1. The molecule has 1 heterocycles. The first-order chi connectivity index (χ1) is 11.6. The maximum absolute atomic E-state index is 13.1. The summed E-state index contributed by atoms with van der Waals surface area (Å²) in [4.78, 5) is 21.3. The largest absolute Gasteiger partial charge is 0.436 e. The van der Waals surface area contributed by atoms with Crippen molar-refractivity contribution >= 4 is 23.3 Å². The fraction of sp³-hybridized carbons (Fsp3) is 0.231. The molecule has 1 aromatic carbocycles. The molecule has 0 saturated heterocycles. The zero-order valence-electron chi connectivity index (χ0n) is 12.7. The van der Waals surface area contributed by atoms with Crippen molar-refractivity contribution in [3.05, 3.63) is 44.6 Å². The molecule has 1 aromatic heterocycles. The van der Waals surface area contributed by atoms with Crippen LogP contribution in [0.2, 0.25) is 5.02 Å². The van der Waals surface area contributed by atoms with Crippen molar-refractivity contribution in [1.82, 2.24) is 15.1 Å². The SMILES string of the molecule is CNC(=O)n1nc(Oc2ccc([N+](=O)[O-])cc2C(F)(F)F)c(Cl)c1C. The van der Waals surface area contributed by atoms with Gasteiger partial charge in [-0.2, -0.15) is 17.9 Å². The summed E-state index contributed by atoms with van der Waals surface area (Å²) in [6.45, 7) is 1.41. The Hall–Kier alpha value is -2.82. The first-order valence-corrected chi connectivity index (χ1v) is 6.94. The van der Waals surface area contributed by atoms with Gasteiger partial charge in [0.05, 0.1) is 10.6 Å². The molecule has 0 saturated carbocycles. The van der Waals surface area contributed by atoms with E-state index in [1.54, 1.807) is 0 Å². The van der Waals surface area contributed by atoms with Gasteiger partial charge in [-0.05, 0) is 13.0 Å². The highest BCUT2D eigenvalue weighted by atomic mass is 35.5. The van der Waals surface area contributed by atoms with Crippen LogP contribution < -0.4 is 10.1 Å². The third-order valence-electron chi connectivity index (χ3n) is 3.11. The van der Waals surface area contributed by atoms with Crippen molar-refractivity contribution in [2.24, 2.45) is 0 Å². The quantitative estimate of drug-likeness (QED) is 0.647. The van der Waals surface area contributed by atoms with Gasteiger partial charge in [0.2, 0.25) is 0 Å². The molecule has 0 radical (unpaired) electrons. The third-order valence-corrected chi connectivity index (χ3v) is 3.54. The molecule has 0 aliphatic carbocycles. The molecule has 2 rings (SSSR count). The first-order valence-electron chi connectivity index (χ1n) is 6.57. The molecule has 1 N–H and O–H groups in total. The number of amides is 1. The zero-order valence-corrected chi connectivity index (χ0v) is 13.5. The Morgan fingerprint density at radius 3 is 2.60 bits per heavy atom. The molecular formula is C13H10ClF3N4O4.